The van der Waals surface area contributed by atoms with Gasteiger partial charge in [0.25, 0.3) is 0 Å². The maximum absolute atomic E-state index is 13.4. The van der Waals surface area contributed by atoms with E-state index in [-0.39, 0.29) is 31.2 Å². The first-order chi connectivity index (χ1) is 14.7. The first-order valence-electron chi connectivity index (χ1n) is 9.64. The highest BCUT2D eigenvalue weighted by atomic mass is 19.1. The number of benzene rings is 3. The molecule has 5 heteroatoms. The van der Waals surface area contributed by atoms with Gasteiger partial charge in [-0.15, -0.1) is 0 Å². The number of halogens is 1. The molecule has 2 N–H and O–H groups in total. The summed E-state index contributed by atoms with van der Waals surface area (Å²) in [6.07, 6.45) is -0.540. The van der Waals surface area contributed by atoms with Gasteiger partial charge in [0.1, 0.15) is 12.4 Å². The van der Waals surface area contributed by atoms with Crippen molar-refractivity contribution in [1.82, 2.24) is 5.32 Å². The van der Waals surface area contributed by atoms with Crippen molar-refractivity contribution in [2.45, 2.75) is 12.5 Å². The molecule has 0 saturated heterocycles. The molecule has 4 nitrogen and oxygen atoms in total. The summed E-state index contributed by atoms with van der Waals surface area (Å²) in [4.78, 5) is 12.1. The number of amides is 1. The summed E-state index contributed by atoms with van der Waals surface area (Å²) in [5.41, 5.74) is 5.41. The molecule has 0 heterocycles. The van der Waals surface area contributed by atoms with Gasteiger partial charge < -0.3 is 15.2 Å². The Labute approximate surface area is 174 Å². The SMILES string of the molecule is O=C(NCC#Cc1ccc(F)c(CO)c1)OCC1c2ccccc2-c2ccccc21. The first-order valence-corrected chi connectivity index (χ1v) is 9.64. The fourth-order valence-corrected chi connectivity index (χ4v) is 3.69. The molecule has 30 heavy (non-hydrogen) atoms. The van der Waals surface area contributed by atoms with Crippen LogP contribution in [0.25, 0.3) is 11.1 Å². The maximum Gasteiger partial charge on any atom is 0.407 e. The second kappa shape index (κ2) is 8.81. The van der Waals surface area contributed by atoms with Gasteiger partial charge in [-0.3, -0.25) is 0 Å². The van der Waals surface area contributed by atoms with E-state index in [1.54, 1.807) is 0 Å². The molecule has 150 valence electrons. The van der Waals surface area contributed by atoms with Crippen molar-refractivity contribution >= 4 is 6.09 Å². The zero-order valence-corrected chi connectivity index (χ0v) is 16.2. The number of rotatable bonds is 4. The Kier molecular flexibility index (Phi) is 5.78. The average molecular weight is 401 g/mol. The monoisotopic (exact) mass is 401 g/mol. The van der Waals surface area contributed by atoms with Gasteiger partial charge in [0.15, 0.2) is 0 Å². The molecule has 1 aliphatic rings. The number of aliphatic hydroxyl groups is 1. The van der Waals surface area contributed by atoms with E-state index in [1.807, 2.05) is 24.3 Å². The molecule has 4 rings (SSSR count). The van der Waals surface area contributed by atoms with Crippen LogP contribution in [-0.2, 0) is 11.3 Å². The number of hydrogen-bond donors (Lipinski definition) is 2. The Hall–Kier alpha value is -3.62. The third kappa shape index (κ3) is 4.05. The van der Waals surface area contributed by atoms with Crippen molar-refractivity contribution < 1.29 is 19.0 Å². The van der Waals surface area contributed by atoms with Crippen LogP contribution in [0.5, 0.6) is 0 Å². The lowest BCUT2D eigenvalue weighted by molar-refractivity contribution is 0.144. The number of hydrogen-bond acceptors (Lipinski definition) is 3. The van der Waals surface area contributed by atoms with Crippen molar-refractivity contribution in [3.8, 4) is 23.0 Å². The minimum absolute atomic E-state index is 0.00496. The second-order valence-corrected chi connectivity index (χ2v) is 6.95. The van der Waals surface area contributed by atoms with E-state index in [0.29, 0.717) is 5.56 Å². The Morgan fingerprint density at radius 2 is 1.70 bits per heavy atom. The summed E-state index contributed by atoms with van der Waals surface area (Å²) in [6.45, 7) is -0.0486. The molecule has 3 aromatic carbocycles. The van der Waals surface area contributed by atoms with Crippen LogP contribution >= 0.6 is 0 Å². The van der Waals surface area contributed by atoms with Gasteiger partial charge in [0.05, 0.1) is 13.2 Å². The molecule has 0 unspecified atom stereocenters. The van der Waals surface area contributed by atoms with Crippen LogP contribution in [0.4, 0.5) is 9.18 Å². The van der Waals surface area contributed by atoms with Gasteiger partial charge in [0.2, 0.25) is 0 Å². The van der Waals surface area contributed by atoms with Gasteiger partial charge in [0, 0.05) is 17.0 Å². The maximum atomic E-state index is 13.4. The molecule has 0 aliphatic heterocycles. The number of aliphatic hydroxyl groups excluding tert-OH is 1. The lowest BCUT2D eigenvalue weighted by Gasteiger charge is -2.14. The van der Waals surface area contributed by atoms with Crippen molar-refractivity contribution in [2.24, 2.45) is 0 Å². The number of nitrogens with one attached hydrogen (secondary N) is 1. The van der Waals surface area contributed by atoms with Crippen LogP contribution in [0, 0.1) is 17.7 Å². The molecule has 0 aromatic heterocycles. The normalized spacial score (nSPS) is 11.8. The standard InChI is InChI=1S/C25H20FNO3/c26-24-12-11-17(14-18(24)15-28)6-5-13-27-25(29)30-16-23-21-9-3-1-7-19(21)20-8-2-4-10-22(20)23/h1-4,7-12,14,23,28H,13,15-16H2,(H,27,29). The molecule has 0 saturated carbocycles. The fourth-order valence-electron chi connectivity index (χ4n) is 3.69. The molecule has 0 atom stereocenters. The first kappa shape index (κ1) is 19.7. The van der Waals surface area contributed by atoms with Gasteiger partial charge in [-0.25, -0.2) is 9.18 Å². The Balaban J connectivity index is 1.34. The van der Waals surface area contributed by atoms with E-state index < -0.39 is 11.9 Å². The quantitative estimate of drug-likeness (QED) is 0.644. The lowest BCUT2D eigenvalue weighted by atomic mass is 9.98. The molecular formula is C25H20FNO3. The van der Waals surface area contributed by atoms with Gasteiger partial charge in [-0.05, 0) is 40.5 Å². The van der Waals surface area contributed by atoms with Gasteiger partial charge >= 0.3 is 6.09 Å². The number of carbonyl (C=O) groups excluding carboxylic acids is 1. The summed E-state index contributed by atoms with van der Waals surface area (Å²) in [5.74, 6) is 5.16. The van der Waals surface area contributed by atoms with Crippen LogP contribution in [0.15, 0.2) is 66.7 Å². The molecule has 0 radical (unpaired) electrons. The van der Waals surface area contributed by atoms with E-state index in [0.717, 1.165) is 11.1 Å². The smallest absolute Gasteiger partial charge is 0.407 e. The van der Waals surface area contributed by atoms with Gasteiger partial charge in [-0.1, -0.05) is 60.4 Å². The van der Waals surface area contributed by atoms with E-state index in [1.165, 1.54) is 29.3 Å². The molecule has 3 aromatic rings. The summed E-state index contributed by atoms with van der Waals surface area (Å²) in [7, 11) is 0. The van der Waals surface area contributed by atoms with E-state index in [4.69, 9.17) is 9.84 Å². The Morgan fingerprint density at radius 1 is 1.03 bits per heavy atom. The molecule has 1 amide bonds. The summed E-state index contributed by atoms with van der Waals surface area (Å²) in [6, 6.07) is 20.6. The Morgan fingerprint density at radius 3 is 2.37 bits per heavy atom. The summed E-state index contributed by atoms with van der Waals surface area (Å²) < 4.78 is 18.8. The van der Waals surface area contributed by atoms with Crippen LogP contribution in [0.2, 0.25) is 0 Å². The minimum atomic E-state index is -0.540. The minimum Gasteiger partial charge on any atom is -0.449 e. The van der Waals surface area contributed by atoms with E-state index in [9.17, 15) is 9.18 Å². The van der Waals surface area contributed by atoms with E-state index >= 15 is 0 Å². The zero-order chi connectivity index (χ0) is 20.9. The van der Waals surface area contributed by atoms with Crippen molar-refractivity contribution in [1.29, 1.82) is 0 Å². The molecule has 1 aliphatic carbocycles. The molecule has 0 spiro atoms. The lowest BCUT2D eigenvalue weighted by Crippen LogP contribution is -2.26. The zero-order valence-electron chi connectivity index (χ0n) is 16.2. The van der Waals surface area contributed by atoms with Crippen molar-refractivity contribution in [3.05, 3.63) is 94.8 Å². The molecule has 0 fully saturated rings. The summed E-state index contributed by atoms with van der Waals surface area (Å²) in [5, 5.41) is 11.7. The van der Waals surface area contributed by atoms with Gasteiger partial charge in [-0.2, -0.15) is 0 Å². The number of fused-ring (bicyclic) bond motifs is 3. The molecule has 0 bridgehead atoms. The van der Waals surface area contributed by atoms with Crippen LogP contribution < -0.4 is 5.32 Å². The largest absolute Gasteiger partial charge is 0.449 e. The van der Waals surface area contributed by atoms with Crippen molar-refractivity contribution in [3.63, 3.8) is 0 Å². The third-order valence-electron chi connectivity index (χ3n) is 5.11. The highest BCUT2D eigenvalue weighted by Crippen LogP contribution is 2.44. The number of alkyl carbamates (subject to hydrolysis) is 1. The number of ether oxygens (including phenoxy) is 1. The highest BCUT2D eigenvalue weighted by molar-refractivity contribution is 5.79. The van der Waals surface area contributed by atoms with E-state index in [2.05, 4.69) is 41.4 Å². The third-order valence-corrected chi connectivity index (χ3v) is 5.11. The van der Waals surface area contributed by atoms with Crippen molar-refractivity contribution in [2.75, 3.05) is 13.2 Å². The van der Waals surface area contributed by atoms with Crippen LogP contribution in [0.1, 0.15) is 28.2 Å². The topological polar surface area (TPSA) is 58.6 Å². The predicted molar refractivity (Wildman–Crippen MR) is 112 cm³/mol. The number of carbonyl (C=O) groups is 1. The van der Waals surface area contributed by atoms with Crippen LogP contribution in [-0.4, -0.2) is 24.4 Å². The molecular weight excluding hydrogens is 381 g/mol. The average Bonchev–Trinajstić information content (AvgIpc) is 3.10. The second-order valence-electron chi connectivity index (χ2n) is 6.95. The summed E-state index contributed by atoms with van der Waals surface area (Å²) >= 11 is 0. The Bertz CT molecular complexity index is 1100. The highest BCUT2D eigenvalue weighted by Gasteiger charge is 2.28. The van der Waals surface area contributed by atoms with Crippen LogP contribution in [0.3, 0.4) is 0 Å². The fraction of sp³-hybridized carbons (Fsp3) is 0.160. The predicted octanol–water partition coefficient (Wildman–Crippen LogP) is 4.21.